The molecule has 1 unspecified atom stereocenters. The third-order valence-corrected chi connectivity index (χ3v) is 4.47. The summed E-state index contributed by atoms with van der Waals surface area (Å²) in [4.78, 5) is 25.7. The highest BCUT2D eigenvalue weighted by atomic mass is 16.2. The van der Waals surface area contributed by atoms with Crippen molar-refractivity contribution >= 4 is 11.6 Å². The molecule has 24 heavy (non-hydrogen) atoms. The molecule has 0 spiro atoms. The summed E-state index contributed by atoms with van der Waals surface area (Å²) in [5, 5.41) is 9.19. The van der Waals surface area contributed by atoms with Crippen LogP contribution in [0.4, 0.5) is 5.69 Å². The maximum absolute atomic E-state index is 12.4. The molecule has 6 heteroatoms. The fourth-order valence-corrected chi connectivity index (χ4v) is 2.97. The molecule has 2 N–H and O–H groups in total. The number of H-pyrrole nitrogens is 1. The summed E-state index contributed by atoms with van der Waals surface area (Å²) < 4.78 is 0. The largest absolute Gasteiger partial charge is 0.369 e. The first kappa shape index (κ1) is 16.2. The summed E-state index contributed by atoms with van der Waals surface area (Å²) in [6, 6.07) is 9.82. The van der Waals surface area contributed by atoms with Crippen molar-refractivity contribution in [3.8, 4) is 0 Å². The predicted octanol–water partition coefficient (Wildman–Crippen LogP) is 1.47. The van der Waals surface area contributed by atoms with Gasteiger partial charge in [0.25, 0.3) is 5.56 Å². The lowest BCUT2D eigenvalue weighted by Gasteiger charge is -2.17. The minimum Gasteiger partial charge on any atom is -0.369 e. The van der Waals surface area contributed by atoms with E-state index in [9.17, 15) is 9.59 Å². The Bertz CT molecular complexity index is 754. The molecule has 1 aromatic carbocycles. The van der Waals surface area contributed by atoms with Crippen molar-refractivity contribution in [2.45, 2.75) is 26.3 Å². The maximum Gasteiger partial charge on any atom is 0.266 e. The highest BCUT2D eigenvalue weighted by molar-refractivity contribution is 5.80. The van der Waals surface area contributed by atoms with E-state index < -0.39 is 0 Å². The summed E-state index contributed by atoms with van der Waals surface area (Å²) in [6.45, 7) is 4.05. The van der Waals surface area contributed by atoms with Crippen molar-refractivity contribution in [1.82, 2.24) is 15.5 Å². The van der Waals surface area contributed by atoms with Gasteiger partial charge in [-0.2, -0.15) is 5.10 Å². The maximum atomic E-state index is 12.4. The topological polar surface area (TPSA) is 78.1 Å². The van der Waals surface area contributed by atoms with E-state index in [1.165, 1.54) is 11.6 Å². The number of hydrogen-bond donors (Lipinski definition) is 2. The lowest BCUT2D eigenvalue weighted by Crippen LogP contribution is -2.32. The van der Waals surface area contributed by atoms with E-state index in [0.717, 1.165) is 30.6 Å². The quantitative estimate of drug-likeness (QED) is 0.872. The number of carbonyl (C=O) groups excluding carboxylic acids is 1. The highest BCUT2D eigenvalue weighted by Gasteiger charge is 2.28. The number of benzene rings is 1. The van der Waals surface area contributed by atoms with Gasteiger partial charge >= 0.3 is 0 Å². The zero-order valence-corrected chi connectivity index (χ0v) is 13.8. The molecule has 0 radical (unpaired) electrons. The van der Waals surface area contributed by atoms with E-state index in [1.807, 2.05) is 4.90 Å². The number of aromatic nitrogens is 2. The third-order valence-electron chi connectivity index (χ3n) is 4.47. The molecule has 1 saturated heterocycles. The minimum atomic E-state index is -0.226. The van der Waals surface area contributed by atoms with Crippen LogP contribution in [0.5, 0.6) is 0 Å². The van der Waals surface area contributed by atoms with Gasteiger partial charge in [0.15, 0.2) is 0 Å². The van der Waals surface area contributed by atoms with Crippen molar-refractivity contribution in [3.63, 3.8) is 0 Å². The Labute approximate surface area is 140 Å². The molecular weight excluding hydrogens is 304 g/mol. The molecular formula is C18H22N4O2. The Balaban J connectivity index is 1.53. The Hall–Kier alpha value is -2.63. The number of nitrogens with zero attached hydrogens (tertiary/aromatic N) is 2. The standard InChI is InChI=1S/C18H22N4O2/c1-2-13-3-5-14(6-4-13)10-19-18(24)15-7-8-22(12-15)16-9-17(23)21-20-11-16/h3-6,9,11,15H,2,7-8,10,12H2,1H3,(H,19,24)(H,21,23). The molecule has 6 nitrogen and oxygen atoms in total. The average Bonchev–Trinajstić information content (AvgIpc) is 3.10. The summed E-state index contributed by atoms with van der Waals surface area (Å²) in [7, 11) is 0. The van der Waals surface area contributed by atoms with Crippen molar-refractivity contribution in [1.29, 1.82) is 0 Å². The molecule has 126 valence electrons. The van der Waals surface area contributed by atoms with Crippen LogP contribution >= 0.6 is 0 Å². The normalized spacial score (nSPS) is 17.0. The zero-order valence-electron chi connectivity index (χ0n) is 13.8. The van der Waals surface area contributed by atoms with Gasteiger partial charge in [0.1, 0.15) is 0 Å². The third kappa shape index (κ3) is 3.82. The van der Waals surface area contributed by atoms with Gasteiger partial charge in [0.05, 0.1) is 17.8 Å². The molecule has 1 aliphatic heterocycles. The lowest BCUT2D eigenvalue weighted by molar-refractivity contribution is -0.124. The highest BCUT2D eigenvalue weighted by Crippen LogP contribution is 2.22. The van der Waals surface area contributed by atoms with E-state index in [-0.39, 0.29) is 17.4 Å². The smallest absolute Gasteiger partial charge is 0.266 e. The number of rotatable bonds is 5. The molecule has 3 rings (SSSR count). The average molecular weight is 326 g/mol. The van der Waals surface area contributed by atoms with E-state index in [4.69, 9.17) is 0 Å². The van der Waals surface area contributed by atoms with Crippen LogP contribution in [0.25, 0.3) is 0 Å². The number of carbonyl (C=O) groups is 1. The summed E-state index contributed by atoms with van der Waals surface area (Å²) in [5.74, 6) is 0.00840. The van der Waals surface area contributed by atoms with Crippen molar-refractivity contribution in [2.75, 3.05) is 18.0 Å². The molecule has 0 saturated carbocycles. The Morgan fingerprint density at radius 3 is 2.79 bits per heavy atom. The second kappa shape index (κ2) is 7.29. The van der Waals surface area contributed by atoms with Gasteiger partial charge in [-0.3, -0.25) is 9.59 Å². The van der Waals surface area contributed by atoms with E-state index in [1.54, 1.807) is 6.20 Å². The van der Waals surface area contributed by atoms with E-state index >= 15 is 0 Å². The first-order valence-electron chi connectivity index (χ1n) is 8.31. The molecule has 2 aromatic rings. The summed E-state index contributed by atoms with van der Waals surface area (Å²) in [5.41, 5.74) is 2.94. The van der Waals surface area contributed by atoms with Crippen LogP contribution < -0.4 is 15.8 Å². The van der Waals surface area contributed by atoms with Crippen LogP contribution in [0.1, 0.15) is 24.5 Å². The van der Waals surface area contributed by atoms with Crippen LogP contribution in [-0.4, -0.2) is 29.2 Å². The van der Waals surface area contributed by atoms with Gasteiger partial charge in [-0.25, -0.2) is 5.10 Å². The second-order valence-corrected chi connectivity index (χ2v) is 6.12. The van der Waals surface area contributed by atoms with Crippen LogP contribution in [0.15, 0.2) is 41.3 Å². The molecule has 1 aromatic heterocycles. The van der Waals surface area contributed by atoms with Crippen LogP contribution in [-0.2, 0) is 17.8 Å². The monoisotopic (exact) mass is 326 g/mol. The van der Waals surface area contributed by atoms with Crippen LogP contribution in [0, 0.1) is 5.92 Å². The number of aromatic amines is 1. The fraction of sp³-hybridized carbons (Fsp3) is 0.389. The Morgan fingerprint density at radius 2 is 2.08 bits per heavy atom. The number of aryl methyl sites for hydroxylation is 1. The van der Waals surface area contributed by atoms with Crippen LogP contribution in [0.3, 0.4) is 0 Å². The van der Waals surface area contributed by atoms with E-state index in [0.29, 0.717) is 13.1 Å². The van der Waals surface area contributed by atoms with Crippen molar-refractivity contribution in [2.24, 2.45) is 5.92 Å². The van der Waals surface area contributed by atoms with Gasteiger partial charge in [-0.15, -0.1) is 0 Å². The number of anilines is 1. The minimum absolute atomic E-state index is 0.0563. The van der Waals surface area contributed by atoms with Crippen molar-refractivity contribution in [3.05, 3.63) is 58.0 Å². The van der Waals surface area contributed by atoms with Gasteiger partial charge in [0, 0.05) is 25.7 Å². The van der Waals surface area contributed by atoms with Gasteiger partial charge in [-0.05, 0) is 24.0 Å². The second-order valence-electron chi connectivity index (χ2n) is 6.12. The number of amides is 1. The summed E-state index contributed by atoms with van der Waals surface area (Å²) in [6.07, 6.45) is 3.42. The SMILES string of the molecule is CCc1ccc(CNC(=O)C2CCN(c3cn[nH]c(=O)c3)C2)cc1. The number of hydrogen-bond acceptors (Lipinski definition) is 4. The lowest BCUT2D eigenvalue weighted by atomic mass is 10.1. The number of nitrogens with one attached hydrogen (secondary N) is 2. The molecule has 2 heterocycles. The first-order valence-corrected chi connectivity index (χ1v) is 8.31. The molecule has 0 bridgehead atoms. The fourth-order valence-electron chi connectivity index (χ4n) is 2.97. The molecule has 1 aliphatic rings. The van der Waals surface area contributed by atoms with Crippen molar-refractivity contribution < 1.29 is 4.79 Å². The molecule has 0 aliphatic carbocycles. The zero-order chi connectivity index (χ0) is 16.9. The Morgan fingerprint density at radius 1 is 1.33 bits per heavy atom. The Kier molecular flexibility index (Phi) is 4.93. The molecule has 1 atom stereocenters. The molecule has 1 amide bonds. The molecule has 1 fully saturated rings. The summed E-state index contributed by atoms with van der Waals surface area (Å²) >= 11 is 0. The van der Waals surface area contributed by atoms with E-state index in [2.05, 4.69) is 46.7 Å². The van der Waals surface area contributed by atoms with Gasteiger partial charge < -0.3 is 10.2 Å². The predicted molar refractivity (Wildman–Crippen MR) is 92.8 cm³/mol. The first-order chi connectivity index (χ1) is 11.7. The van der Waals surface area contributed by atoms with Gasteiger partial charge in [0.2, 0.25) is 5.91 Å². The van der Waals surface area contributed by atoms with Crippen LogP contribution in [0.2, 0.25) is 0 Å². The van der Waals surface area contributed by atoms with Gasteiger partial charge in [-0.1, -0.05) is 31.2 Å².